The molecule has 0 aliphatic carbocycles. The van der Waals surface area contributed by atoms with Crippen molar-refractivity contribution in [2.45, 2.75) is 45.2 Å². The van der Waals surface area contributed by atoms with Crippen LogP contribution in [-0.4, -0.2) is 28.9 Å². The van der Waals surface area contributed by atoms with E-state index in [1.165, 1.54) is 21.8 Å². The normalized spacial score (nSPS) is 18.7. The summed E-state index contributed by atoms with van der Waals surface area (Å²) in [5.74, 6) is 0.451. The van der Waals surface area contributed by atoms with Crippen LogP contribution in [0.15, 0.2) is 53.9 Å². The van der Waals surface area contributed by atoms with E-state index in [9.17, 15) is 9.59 Å². The minimum atomic E-state index is -1.10. The second kappa shape index (κ2) is 8.06. The molecule has 7 heteroatoms. The zero-order valence-electron chi connectivity index (χ0n) is 18.9. The van der Waals surface area contributed by atoms with Crippen molar-refractivity contribution < 1.29 is 14.3 Å². The summed E-state index contributed by atoms with van der Waals surface area (Å²) in [4.78, 5) is 31.9. The van der Waals surface area contributed by atoms with Crippen LogP contribution >= 0.6 is 11.3 Å². The number of nitrogens with zero attached hydrogens (tertiary/aromatic N) is 2. The summed E-state index contributed by atoms with van der Waals surface area (Å²) in [6.45, 7) is 8.29. The van der Waals surface area contributed by atoms with Crippen LogP contribution in [0.2, 0.25) is 0 Å². The van der Waals surface area contributed by atoms with Gasteiger partial charge in [-0.3, -0.25) is 9.69 Å². The lowest BCUT2D eigenvalue weighted by atomic mass is 9.84. The van der Waals surface area contributed by atoms with Crippen molar-refractivity contribution in [2.75, 3.05) is 7.11 Å². The zero-order valence-corrected chi connectivity index (χ0v) is 19.7. The van der Waals surface area contributed by atoms with Crippen LogP contribution in [0.25, 0.3) is 10.6 Å². The summed E-state index contributed by atoms with van der Waals surface area (Å²) in [7, 11) is 1.62. The summed E-state index contributed by atoms with van der Waals surface area (Å²) in [5, 5.41) is 5.53. The number of ether oxygens (including phenoxy) is 1. The Kier molecular flexibility index (Phi) is 5.54. The van der Waals surface area contributed by atoms with Crippen molar-refractivity contribution >= 4 is 23.3 Å². The third-order valence-corrected chi connectivity index (χ3v) is 6.74. The zero-order chi connectivity index (χ0) is 23.1. The standard InChI is InChI=1S/C25H27N3O3S/c1-24(2,3)16-10-12-17(13-11-16)25(4)22(29)28(23(30)27-25)14-18-15-32-21(26-18)19-8-6-7-9-20(19)31-5/h6-13,15H,14H2,1-5H3,(H,27,30). The summed E-state index contributed by atoms with van der Waals surface area (Å²) in [5.41, 5.74) is 2.38. The number of benzene rings is 2. The second-order valence-corrected chi connectivity index (χ2v) is 9.98. The van der Waals surface area contributed by atoms with Crippen LogP contribution in [-0.2, 0) is 22.3 Å². The van der Waals surface area contributed by atoms with Crippen LogP contribution in [0.1, 0.15) is 44.5 Å². The highest BCUT2D eigenvalue weighted by atomic mass is 32.1. The molecule has 0 saturated carbocycles. The number of urea groups is 1. The first kappa shape index (κ1) is 22.0. The maximum absolute atomic E-state index is 13.3. The van der Waals surface area contributed by atoms with Crippen molar-refractivity contribution in [3.63, 3.8) is 0 Å². The first-order valence-corrected chi connectivity index (χ1v) is 11.3. The molecule has 3 amide bonds. The highest BCUT2D eigenvalue weighted by Crippen LogP contribution is 2.34. The third kappa shape index (κ3) is 3.88. The Bertz CT molecular complexity index is 1160. The first-order chi connectivity index (χ1) is 15.1. The molecule has 2 aromatic carbocycles. The summed E-state index contributed by atoms with van der Waals surface area (Å²) in [6, 6.07) is 15.1. The lowest BCUT2D eigenvalue weighted by Crippen LogP contribution is -2.40. The summed E-state index contributed by atoms with van der Waals surface area (Å²) < 4.78 is 5.42. The number of nitrogens with one attached hydrogen (secondary N) is 1. The Morgan fingerprint density at radius 2 is 1.78 bits per heavy atom. The molecule has 1 aromatic heterocycles. The molecule has 166 valence electrons. The Morgan fingerprint density at radius 1 is 1.09 bits per heavy atom. The van der Waals surface area contributed by atoms with E-state index in [-0.39, 0.29) is 17.9 Å². The Labute approximate surface area is 192 Å². The molecule has 0 radical (unpaired) electrons. The number of rotatable bonds is 5. The molecule has 0 bridgehead atoms. The SMILES string of the molecule is COc1ccccc1-c1nc(CN2C(=O)NC(C)(c3ccc(C(C)(C)C)cc3)C2=O)cs1. The van der Waals surface area contributed by atoms with Crippen molar-refractivity contribution in [3.8, 4) is 16.3 Å². The van der Waals surface area contributed by atoms with Gasteiger partial charge in [0.2, 0.25) is 0 Å². The average molecular weight is 450 g/mol. The molecular weight excluding hydrogens is 422 g/mol. The van der Waals surface area contributed by atoms with Gasteiger partial charge in [-0.1, -0.05) is 57.2 Å². The summed E-state index contributed by atoms with van der Waals surface area (Å²) in [6.07, 6.45) is 0. The van der Waals surface area contributed by atoms with Crippen LogP contribution in [0.5, 0.6) is 5.75 Å². The van der Waals surface area contributed by atoms with E-state index in [0.717, 1.165) is 21.9 Å². The molecule has 1 aliphatic heterocycles. The molecule has 2 heterocycles. The number of carbonyl (C=O) groups excluding carboxylic acids is 2. The van der Waals surface area contributed by atoms with Gasteiger partial charge in [-0.05, 0) is 35.6 Å². The van der Waals surface area contributed by atoms with Crippen molar-refractivity contribution in [1.82, 2.24) is 15.2 Å². The number of carbonyl (C=O) groups is 2. The Balaban J connectivity index is 1.56. The smallest absolute Gasteiger partial charge is 0.325 e. The van der Waals surface area contributed by atoms with Crippen LogP contribution < -0.4 is 10.1 Å². The van der Waals surface area contributed by atoms with Gasteiger partial charge in [0.15, 0.2) is 0 Å². The van der Waals surface area contributed by atoms with E-state index < -0.39 is 11.6 Å². The van der Waals surface area contributed by atoms with Gasteiger partial charge < -0.3 is 10.1 Å². The number of imide groups is 1. The van der Waals surface area contributed by atoms with E-state index in [0.29, 0.717) is 5.69 Å². The number of hydrogen-bond acceptors (Lipinski definition) is 5. The van der Waals surface area contributed by atoms with Gasteiger partial charge in [-0.25, -0.2) is 9.78 Å². The number of methoxy groups -OCH3 is 1. The fourth-order valence-corrected chi connectivity index (χ4v) is 4.67. The predicted molar refractivity (Wildman–Crippen MR) is 126 cm³/mol. The number of aromatic nitrogens is 1. The lowest BCUT2D eigenvalue weighted by Gasteiger charge is -2.24. The molecule has 1 atom stereocenters. The van der Waals surface area contributed by atoms with Crippen LogP contribution in [0.4, 0.5) is 4.79 Å². The fourth-order valence-electron chi connectivity index (χ4n) is 3.83. The molecule has 32 heavy (non-hydrogen) atoms. The monoisotopic (exact) mass is 449 g/mol. The number of hydrogen-bond donors (Lipinski definition) is 1. The molecular formula is C25H27N3O3S. The molecule has 4 rings (SSSR count). The van der Waals surface area contributed by atoms with Gasteiger partial charge in [0, 0.05) is 5.38 Å². The molecule has 3 aromatic rings. The quantitative estimate of drug-likeness (QED) is 0.551. The molecule has 1 unspecified atom stereocenters. The van der Waals surface area contributed by atoms with E-state index in [2.05, 4.69) is 31.1 Å². The van der Waals surface area contributed by atoms with Gasteiger partial charge in [0.1, 0.15) is 16.3 Å². The van der Waals surface area contributed by atoms with Crippen LogP contribution in [0, 0.1) is 0 Å². The van der Waals surface area contributed by atoms with Gasteiger partial charge >= 0.3 is 6.03 Å². The predicted octanol–water partition coefficient (Wildman–Crippen LogP) is 5.08. The number of para-hydroxylation sites is 1. The third-order valence-electron chi connectivity index (χ3n) is 5.81. The fraction of sp³-hybridized carbons (Fsp3) is 0.320. The van der Waals surface area contributed by atoms with Gasteiger partial charge in [0.05, 0.1) is 24.9 Å². The second-order valence-electron chi connectivity index (χ2n) is 9.12. The van der Waals surface area contributed by atoms with E-state index in [4.69, 9.17) is 4.74 Å². The topological polar surface area (TPSA) is 71.5 Å². The lowest BCUT2D eigenvalue weighted by molar-refractivity contribution is -0.131. The molecule has 1 saturated heterocycles. The molecule has 6 nitrogen and oxygen atoms in total. The van der Waals surface area contributed by atoms with Crippen molar-refractivity contribution in [3.05, 3.63) is 70.7 Å². The first-order valence-electron chi connectivity index (χ1n) is 10.5. The molecule has 1 aliphatic rings. The number of amides is 3. The van der Waals surface area contributed by atoms with Crippen LogP contribution in [0.3, 0.4) is 0 Å². The largest absolute Gasteiger partial charge is 0.496 e. The van der Waals surface area contributed by atoms with Crippen molar-refractivity contribution in [1.29, 1.82) is 0 Å². The highest BCUT2D eigenvalue weighted by molar-refractivity contribution is 7.13. The Hall–Kier alpha value is -3.19. The van der Waals surface area contributed by atoms with E-state index >= 15 is 0 Å². The Morgan fingerprint density at radius 3 is 2.44 bits per heavy atom. The molecule has 1 fully saturated rings. The maximum Gasteiger partial charge on any atom is 0.325 e. The van der Waals surface area contributed by atoms with E-state index in [1.54, 1.807) is 14.0 Å². The summed E-state index contributed by atoms with van der Waals surface area (Å²) >= 11 is 1.46. The van der Waals surface area contributed by atoms with Gasteiger partial charge in [-0.2, -0.15) is 0 Å². The minimum absolute atomic E-state index is 0.0121. The minimum Gasteiger partial charge on any atom is -0.496 e. The maximum atomic E-state index is 13.3. The molecule has 1 N–H and O–H groups in total. The van der Waals surface area contributed by atoms with Crippen molar-refractivity contribution in [2.24, 2.45) is 0 Å². The number of thiazole rings is 1. The van der Waals surface area contributed by atoms with Gasteiger partial charge in [-0.15, -0.1) is 11.3 Å². The molecule has 0 spiro atoms. The highest BCUT2D eigenvalue weighted by Gasteiger charge is 2.49. The van der Waals surface area contributed by atoms with Gasteiger partial charge in [0.25, 0.3) is 5.91 Å². The average Bonchev–Trinajstić information content (AvgIpc) is 3.32. The van der Waals surface area contributed by atoms with E-state index in [1.807, 2.05) is 53.9 Å².